The zero-order chi connectivity index (χ0) is 12.6. The van der Waals surface area contributed by atoms with Gasteiger partial charge < -0.3 is 10.1 Å². The highest BCUT2D eigenvalue weighted by molar-refractivity contribution is 4.98. The van der Waals surface area contributed by atoms with Crippen LogP contribution >= 0.6 is 0 Å². The number of H-pyrrole nitrogens is 1. The molecular weight excluding hydrogens is 228 g/mol. The summed E-state index contributed by atoms with van der Waals surface area (Å²) in [7, 11) is 1.98. The number of aromatic nitrogens is 3. The average Bonchev–Trinajstić information content (AvgIpc) is 2.94. The largest absolute Gasteiger partial charge is 0.381 e. The molecule has 1 atom stereocenters. The molecule has 0 aromatic carbocycles. The van der Waals surface area contributed by atoms with E-state index in [0.29, 0.717) is 6.04 Å². The summed E-state index contributed by atoms with van der Waals surface area (Å²) in [5.74, 6) is 0.888. The summed E-state index contributed by atoms with van der Waals surface area (Å²) in [6.07, 6.45) is 9.33. The molecule has 18 heavy (non-hydrogen) atoms. The number of ether oxygens (including phenoxy) is 1. The Bertz CT molecular complexity index is 309. The lowest BCUT2D eigenvalue weighted by atomic mass is 9.93. The van der Waals surface area contributed by atoms with Gasteiger partial charge in [-0.25, -0.2) is 0 Å². The minimum Gasteiger partial charge on any atom is -0.381 e. The van der Waals surface area contributed by atoms with Gasteiger partial charge in [0.15, 0.2) is 0 Å². The van der Waals surface area contributed by atoms with E-state index in [-0.39, 0.29) is 0 Å². The highest BCUT2D eigenvalue weighted by Crippen LogP contribution is 2.23. The first kappa shape index (κ1) is 13.5. The number of aromatic amines is 1. The maximum absolute atomic E-state index is 5.38. The smallest absolute Gasteiger partial charge is 0.0993 e. The van der Waals surface area contributed by atoms with Gasteiger partial charge in [-0.1, -0.05) is 19.3 Å². The third kappa shape index (κ3) is 4.07. The predicted molar refractivity (Wildman–Crippen MR) is 70.2 cm³/mol. The molecule has 0 bridgehead atoms. The Morgan fingerprint density at radius 3 is 2.94 bits per heavy atom. The van der Waals surface area contributed by atoms with Crippen LogP contribution in [0.15, 0.2) is 6.20 Å². The summed E-state index contributed by atoms with van der Waals surface area (Å²) in [6.45, 7) is 1.92. The van der Waals surface area contributed by atoms with Gasteiger partial charge >= 0.3 is 0 Å². The second kappa shape index (κ2) is 7.48. The van der Waals surface area contributed by atoms with E-state index in [4.69, 9.17) is 4.74 Å². The van der Waals surface area contributed by atoms with Gasteiger partial charge in [0, 0.05) is 13.2 Å². The average molecular weight is 252 g/mol. The Balaban J connectivity index is 1.61. The third-order valence-corrected chi connectivity index (χ3v) is 3.84. The lowest BCUT2D eigenvalue weighted by Crippen LogP contribution is -2.17. The molecule has 1 aromatic rings. The van der Waals surface area contributed by atoms with Gasteiger partial charge in [-0.2, -0.15) is 15.4 Å². The van der Waals surface area contributed by atoms with Crippen LogP contribution in [0.4, 0.5) is 0 Å². The van der Waals surface area contributed by atoms with Gasteiger partial charge in [-0.15, -0.1) is 0 Å². The summed E-state index contributed by atoms with van der Waals surface area (Å²) < 4.78 is 5.38. The molecule has 1 aliphatic rings. The standard InChI is InChI=1S/C13H24N4O/c1-14-12(13-10-15-17-16-13)5-3-2-4-11-6-8-18-9-7-11/h10-12,14H,2-9H2,1H3,(H,15,16,17). The number of unbranched alkanes of at least 4 members (excludes halogenated alkanes) is 1. The van der Waals surface area contributed by atoms with Crippen molar-refractivity contribution in [2.24, 2.45) is 5.92 Å². The van der Waals surface area contributed by atoms with E-state index < -0.39 is 0 Å². The van der Waals surface area contributed by atoms with Gasteiger partial charge in [0.2, 0.25) is 0 Å². The fourth-order valence-electron chi connectivity index (χ4n) is 2.64. The number of hydrogen-bond donors (Lipinski definition) is 2. The maximum atomic E-state index is 5.38. The predicted octanol–water partition coefficient (Wildman–Crippen LogP) is 2.05. The first-order chi connectivity index (χ1) is 8.90. The first-order valence-electron chi connectivity index (χ1n) is 7.01. The summed E-state index contributed by atoms with van der Waals surface area (Å²) >= 11 is 0. The van der Waals surface area contributed by atoms with Gasteiger partial charge in [-0.05, 0) is 32.2 Å². The molecule has 1 aromatic heterocycles. The van der Waals surface area contributed by atoms with E-state index in [1.54, 1.807) is 6.20 Å². The highest BCUT2D eigenvalue weighted by Gasteiger charge is 2.15. The van der Waals surface area contributed by atoms with Gasteiger partial charge in [0.1, 0.15) is 0 Å². The molecule has 0 spiro atoms. The van der Waals surface area contributed by atoms with E-state index in [1.807, 2.05) is 7.05 Å². The van der Waals surface area contributed by atoms with Crippen LogP contribution in [-0.2, 0) is 4.74 Å². The molecule has 2 rings (SSSR count). The molecule has 0 aliphatic carbocycles. The third-order valence-electron chi connectivity index (χ3n) is 3.84. The van der Waals surface area contributed by atoms with Gasteiger partial charge in [0.25, 0.3) is 0 Å². The van der Waals surface area contributed by atoms with E-state index in [9.17, 15) is 0 Å². The molecule has 0 saturated carbocycles. The number of hydrogen-bond acceptors (Lipinski definition) is 4. The van der Waals surface area contributed by atoms with Crippen molar-refractivity contribution in [3.8, 4) is 0 Å². The summed E-state index contributed by atoms with van der Waals surface area (Å²) in [5, 5.41) is 14.0. The molecule has 2 N–H and O–H groups in total. The minimum atomic E-state index is 0.332. The molecule has 5 nitrogen and oxygen atoms in total. The molecule has 1 saturated heterocycles. The molecule has 1 unspecified atom stereocenters. The van der Waals surface area contributed by atoms with Crippen LogP contribution in [0, 0.1) is 5.92 Å². The van der Waals surface area contributed by atoms with Crippen LogP contribution in [0.1, 0.15) is 50.3 Å². The topological polar surface area (TPSA) is 62.8 Å². The van der Waals surface area contributed by atoms with Crippen molar-refractivity contribution >= 4 is 0 Å². The number of nitrogens with zero attached hydrogens (tertiary/aromatic N) is 2. The van der Waals surface area contributed by atoms with Crippen LogP contribution in [0.2, 0.25) is 0 Å². The Kier molecular flexibility index (Phi) is 5.61. The van der Waals surface area contributed by atoms with Crippen molar-refractivity contribution in [2.45, 2.75) is 44.6 Å². The molecule has 1 fully saturated rings. The zero-order valence-corrected chi connectivity index (χ0v) is 11.2. The zero-order valence-electron chi connectivity index (χ0n) is 11.2. The van der Waals surface area contributed by atoms with E-state index >= 15 is 0 Å². The summed E-state index contributed by atoms with van der Waals surface area (Å²) in [5.41, 5.74) is 1.02. The normalized spacial score (nSPS) is 18.9. The van der Waals surface area contributed by atoms with Crippen molar-refractivity contribution in [1.82, 2.24) is 20.7 Å². The van der Waals surface area contributed by atoms with Gasteiger partial charge in [0.05, 0.1) is 17.9 Å². The van der Waals surface area contributed by atoms with Crippen molar-refractivity contribution < 1.29 is 4.74 Å². The lowest BCUT2D eigenvalue weighted by molar-refractivity contribution is 0.0630. The first-order valence-corrected chi connectivity index (χ1v) is 7.01. The van der Waals surface area contributed by atoms with Gasteiger partial charge in [-0.3, -0.25) is 0 Å². The lowest BCUT2D eigenvalue weighted by Gasteiger charge is -2.22. The monoisotopic (exact) mass is 252 g/mol. The number of rotatable bonds is 7. The van der Waals surface area contributed by atoms with Crippen LogP contribution in [-0.4, -0.2) is 35.7 Å². The van der Waals surface area contributed by atoms with Crippen LogP contribution < -0.4 is 5.32 Å². The minimum absolute atomic E-state index is 0.332. The van der Waals surface area contributed by atoms with E-state index in [0.717, 1.165) is 31.2 Å². The maximum Gasteiger partial charge on any atom is 0.0993 e. The van der Waals surface area contributed by atoms with Crippen molar-refractivity contribution in [3.05, 3.63) is 11.9 Å². The van der Waals surface area contributed by atoms with E-state index in [1.165, 1.54) is 32.1 Å². The molecular formula is C13H24N4O. The Hall–Kier alpha value is -0.940. The SMILES string of the molecule is CNC(CCCCC1CCOCC1)c1cn[nH]n1. The molecule has 2 heterocycles. The van der Waals surface area contributed by atoms with Crippen LogP contribution in [0.3, 0.4) is 0 Å². The fourth-order valence-corrected chi connectivity index (χ4v) is 2.64. The second-order valence-corrected chi connectivity index (χ2v) is 5.08. The summed E-state index contributed by atoms with van der Waals surface area (Å²) in [4.78, 5) is 0. The quantitative estimate of drug-likeness (QED) is 0.729. The van der Waals surface area contributed by atoms with Crippen LogP contribution in [0.5, 0.6) is 0 Å². The highest BCUT2D eigenvalue weighted by atomic mass is 16.5. The Morgan fingerprint density at radius 2 is 2.28 bits per heavy atom. The van der Waals surface area contributed by atoms with Crippen molar-refractivity contribution in [3.63, 3.8) is 0 Å². The molecule has 102 valence electrons. The van der Waals surface area contributed by atoms with Crippen molar-refractivity contribution in [1.29, 1.82) is 0 Å². The Morgan fingerprint density at radius 1 is 1.44 bits per heavy atom. The summed E-state index contributed by atoms with van der Waals surface area (Å²) in [6, 6.07) is 0.332. The molecule has 0 amide bonds. The van der Waals surface area contributed by atoms with E-state index in [2.05, 4.69) is 20.7 Å². The molecule has 5 heteroatoms. The Labute approximate surface area is 109 Å². The molecule has 0 radical (unpaired) electrons. The number of nitrogens with one attached hydrogen (secondary N) is 2. The van der Waals surface area contributed by atoms with Crippen LogP contribution in [0.25, 0.3) is 0 Å². The fraction of sp³-hybridized carbons (Fsp3) is 0.846. The molecule has 1 aliphatic heterocycles. The second-order valence-electron chi connectivity index (χ2n) is 5.08. The van der Waals surface area contributed by atoms with Crippen molar-refractivity contribution in [2.75, 3.05) is 20.3 Å².